The number of hydrogen-bond acceptors (Lipinski definition) is 2. The Labute approximate surface area is 86.8 Å². The standard InChI is InChI=1S/C12H20N2/c1-9(2)10(3)14-8-12-6-5-7-13-11(12)4/h5-7,9-10,14H,8H2,1-4H3. The Morgan fingerprint density at radius 2 is 2.07 bits per heavy atom. The van der Waals surface area contributed by atoms with Crippen molar-refractivity contribution in [1.29, 1.82) is 0 Å². The van der Waals surface area contributed by atoms with E-state index in [9.17, 15) is 0 Å². The second-order valence-electron chi connectivity index (χ2n) is 4.16. The van der Waals surface area contributed by atoms with Crippen molar-refractivity contribution in [2.75, 3.05) is 0 Å². The Balaban J connectivity index is 2.50. The van der Waals surface area contributed by atoms with E-state index in [1.54, 1.807) is 0 Å². The second-order valence-corrected chi connectivity index (χ2v) is 4.16. The van der Waals surface area contributed by atoms with Crippen molar-refractivity contribution in [2.45, 2.75) is 40.3 Å². The minimum Gasteiger partial charge on any atom is -0.310 e. The first-order valence-corrected chi connectivity index (χ1v) is 5.25. The second kappa shape index (κ2) is 5.11. The van der Waals surface area contributed by atoms with Crippen LogP contribution in [0.5, 0.6) is 0 Å². The van der Waals surface area contributed by atoms with Gasteiger partial charge in [0.2, 0.25) is 0 Å². The molecule has 0 saturated carbocycles. The maximum Gasteiger partial charge on any atom is 0.0417 e. The van der Waals surface area contributed by atoms with E-state index in [-0.39, 0.29) is 0 Å². The fourth-order valence-electron chi connectivity index (χ4n) is 1.21. The highest BCUT2D eigenvalue weighted by Crippen LogP contribution is 2.05. The van der Waals surface area contributed by atoms with Crippen LogP contribution < -0.4 is 5.32 Å². The van der Waals surface area contributed by atoms with Gasteiger partial charge in [-0.3, -0.25) is 4.98 Å². The van der Waals surface area contributed by atoms with Crippen LogP contribution in [0.25, 0.3) is 0 Å². The molecular weight excluding hydrogens is 172 g/mol. The van der Waals surface area contributed by atoms with Crippen LogP contribution in [0.3, 0.4) is 0 Å². The molecule has 0 aliphatic carbocycles. The van der Waals surface area contributed by atoms with Gasteiger partial charge in [-0.05, 0) is 31.4 Å². The number of hydrogen-bond donors (Lipinski definition) is 1. The molecule has 0 amide bonds. The predicted molar refractivity (Wildman–Crippen MR) is 60.1 cm³/mol. The van der Waals surface area contributed by atoms with Gasteiger partial charge in [0.1, 0.15) is 0 Å². The van der Waals surface area contributed by atoms with Gasteiger partial charge in [0, 0.05) is 24.5 Å². The summed E-state index contributed by atoms with van der Waals surface area (Å²) in [6.45, 7) is 9.65. The largest absolute Gasteiger partial charge is 0.310 e. The van der Waals surface area contributed by atoms with Crippen LogP contribution in [-0.2, 0) is 6.54 Å². The highest BCUT2D eigenvalue weighted by Gasteiger charge is 2.06. The van der Waals surface area contributed by atoms with Gasteiger partial charge >= 0.3 is 0 Å². The van der Waals surface area contributed by atoms with Gasteiger partial charge in [-0.15, -0.1) is 0 Å². The summed E-state index contributed by atoms with van der Waals surface area (Å²) in [5.41, 5.74) is 2.41. The van der Waals surface area contributed by atoms with Crippen molar-refractivity contribution in [2.24, 2.45) is 5.92 Å². The summed E-state index contributed by atoms with van der Waals surface area (Å²) in [6.07, 6.45) is 1.84. The number of nitrogens with zero attached hydrogens (tertiary/aromatic N) is 1. The Morgan fingerprint density at radius 1 is 1.36 bits per heavy atom. The summed E-state index contributed by atoms with van der Waals surface area (Å²) < 4.78 is 0. The Morgan fingerprint density at radius 3 is 2.64 bits per heavy atom. The highest BCUT2D eigenvalue weighted by atomic mass is 14.9. The SMILES string of the molecule is Cc1ncccc1CNC(C)C(C)C. The Hall–Kier alpha value is -0.890. The molecule has 1 aromatic rings. The average Bonchev–Trinajstić information content (AvgIpc) is 2.16. The fourth-order valence-corrected chi connectivity index (χ4v) is 1.21. The molecule has 1 atom stereocenters. The molecule has 2 heteroatoms. The van der Waals surface area contributed by atoms with Crippen molar-refractivity contribution >= 4 is 0 Å². The van der Waals surface area contributed by atoms with Crippen LogP contribution in [0.15, 0.2) is 18.3 Å². The highest BCUT2D eigenvalue weighted by molar-refractivity contribution is 5.17. The zero-order chi connectivity index (χ0) is 10.6. The third-order valence-electron chi connectivity index (χ3n) is 2.73. The van der Waals surface area contributed by atoms with Gasteiger partial charge in [-0.2, -0.15) is 0 Å². The zero-order valence-electron chi connectivity index (χ0n) is 9.54. The molecule has 0 aliphatic rings. The van der Waals surface area contributed by atoms with Crippen molar-refractivity contribution in [3.8, 4) is 0 Å². The van der Waals surface area contributed by atoms with Crippen LogP contribution in [0.1, 0.15) is 32.0 Å². The zero-order valence-corrected chi connectivity index (χ0v) is 9.54. The fraction of sp³-hybridized carbons (Fsp3) is 0.583. The normalized spacial score (nSPS) is 13.2. The van der Waals surface area contributed by atoms with Crippen molar-refractivity contribution in [1.82, 2.24) is 10.3 Å². The summed E-state index contributed by atoms with van der Waals surface area (Å²) in [6, 6.07) is 4.67. The van der Waals surface area contributed by atoms with Gasteiger partial charge in [0.25, 0.3) is 0 Å². The molecular formula is C12H20N2. The van der Waals surface area contributed by atoms with Crippen LogP contribution in [0, 0.1) is 12.8 Å². The van der Waals surface area contributed by atoms with Crippen LogP contribution in [0.4, 0.5) is 0 Å². The first kappa shape index (κ1) is 11.2. The number of aryl methyl sites for hydroxylation is 1. The minimum absolute atomic E-state index is 0.551. The molecule has 78 valence electrons. The quantitative estimate of drug-likeness (QED) is 0.793. The monoisotopic (exact) mass is 192 g/mol. The Kier molecular flexibility index (Phi) is 4.08. The number of nitrogens with one attached hydrogen (secondary N) is 1. The summed E-state index contributed by atoms with van der Waals surface area (Å²) in [5, 5.41) is 3.50. The topological polar surface area (TPSA) is 24.9 Å². The molecule has 2 nitrogen and oxygen atoms in total. The van der Waals surface area contributed by atoms with Crippen LogP contribution in [-0.4, -0.2) is 11.0 Å². The molecule has 0 fully saturated rings. The molecule has 0 aliphatic heterocycles. The number of aromatic nitrogens is 1. The number of pyridine rings is 1. The van der Waals surface area contributed by atoms with Gasteiger partial charge in [0.05, 0.1) is 0 Å². The molecule has 0 saturated heterocycles. The van der Waals surface area contributed by atoms with E-state index in [1.807, 2.05) is 12.3 Å². The number of rotatable bonds is 4. The molecule has 1 rings (SSSR count). The summed E-state index contributed by atoms with van der Waals surface area (Å²) >= 11 is 0. The molecule has 0 aromatic carbocycles. The molecule has 1 unspecified atom stereocenters. The molecule has 14 heavy (non-hydrogen) atoms. The average molecular weight is 192 g/mol. The van der Waals surface area contributed by atoms with Crippen molar-refractivity contribution in [3.63, 3.8) is 0 Å². The Bertz CT molecular complexity index is 281. The van der Waals surface area contributed by atoms with E-state index >= 15 is 0 Å². The van der Waals surface area contributed by atoms with Gasteiger partial charge in [-0.1, -0.05) is 19.9 Å². The molecule has 1 aromatic heterocycles. The van der Waals surface area contributed by atoms with E-state index in [1.165, 1.54) is 5.56 Å². The lowest BCUT2D eigenvalue weighted by atomic mass is 10.1. The molecule has 0 spiro atoms. The molecule has 1 N–H and O–H groups in total. The lowest BCUT2D eigenvalue weighted by molar-refractivity contribution is 0.425. The first-order valence-electron chi connectivity index (χ1n) is 5.25. The maximum atomic E-state index is 4.26. The lowest BCUT2D eigenvalue weighted by Crippen LogP contribution is -2.30. The summed E-state index contributed by atoms with van der Waals surface area (Å²) in [7, 11) is 0. The van der Waals surface area contributed by atoms with E-state index in [2.05, 4.69) is 44.1 Å². The van der Waals surface area contributed by atoms with Crippen LogP contribution in [0.2, 0.25) is 0 Å². The third-order valence-corrected chi connectivity index (χ3v) is 2.73. The van der Waals surface area contributed by atoms with Gasteiger partial charge in [-0.25, -0.2) is 0 Å². The van der Waals surface area contributed by atoms with Crippen LogP contribution >= 0.6 is 0 Å². The van der Waals surface area contributed by atoms with Crippen molar-refractivity contribution in [3.05, 3.63) is 29.6 Å². The minimum atomic E-state index is 0.551. The van der Waals surface area contributed by atoms with E-state index in [0.717, 1.165) is 12.2 Å². The lowest BCUT2D eigenvalue weighted by Gasteiger charge is -2.17. The van der Waals surface area contributed by atoms with Gasteiger partial charge < -0.3 is 5.32 Å². The predicted octanol–water partition coefficient (Wildman–Crippen LogP) is 2.52. The van der Waals surface area contributed by atoms with Gasteiger partial charge in [0.15, 0.2) is 0 Å². The smallest absolute Gasteiger partial charge is 0.0417 e. The molecule has 0 bridgehead atoms. The third kappa shape index (κ3) is 3.11. The maximum absolute atomic E-state index is 4.26. The summed E-state index contributed by atoms with van der Waals surface area (Å²) in [4.78, 5) is 4.26. The summed E-state index contributed by atoms with van der Waals surface area (Å²) in [5.74, 6) is 0.673. The molecule has 0 radical (unpaired) electrons. The first-order chi connectivity index (χ1) is 6.61. The van der Waals surface area contributed by atoms with E-state index in [0.29, 0.717) is 12.0 Å². The van der Waals surface area contributed by atoms with Crippen molar-refractivity contribution < 1.29 is 0 Å². The van der Waals surface area contributed by atoms with E-state index in [4.69, 9.17) is 0 Å². The van der Waals surface area contributed by atoms with E-state index < -0.39 is 0 Å². The molecule has 1 heterocycles.